The van der Waals surface area contributed by atoms with E-state index in [1.54, 1.807) is 11.3 Å². The van der Waals surface area contributed by atoms with Gasteiger partial charge in [0.2, 0.25) is 0 Å². The van der Waals surface area contributed by atoms with Gasteiger partial charge in [-0.2, -0.15) is 0 Å². The third-order valence-electron chi connectivity index (χ3n) is 1.43. The zero-order chi connectivity index (χ0) is 8.81. The van der Waals surface area contributed by atoms with Crippen LogP contribution >= 0.6 is 22.9 Å². The molecule has 0 aliphatic rings. The van der Waals surface area contributed by atoms with Crippen LogP contribution in [-0.4, -0.2) is 19.8 Å². The van der Waals surface area contributed by atoms with Crippen molar-refractivity contribution in [1.29, 1.82) is 0 Å². The van der Waals surface area contributed by atoms with E-state index in [1.165, 1.54) is 4.88 Å². The van der Waals surface area contributed by atoms with Crippen molar-refractivity contribution >= 4 is 22.9 Å². The Morgan fingerprint density at radius 3 is 2.92 bits per heavy atom. The highest BCUT2D eigenvalue weighted by atomic mass is 35.5. The fourth-order valence-electron chi connectivity index (χ4n) is 0.854. The van der Waals surface area contributed by atoms with Gasteiger partial charge < -0.3 is 10.5 Å². The van der Waals surface area contributed by atoms with Gasteiger partial charge in [0, 0.05) is 17.8 Å². The first-order valence-electron chi connectivity index (χ1n) is 3.84. The van der Waals surface area contributed by atoms with Gasteiger partial charge in [0.25, 0.3) is 0 Å². The number of hydrogen-bond acceptors (Lipinski definition) is 3. The second-order valence-electron chi connectivity index (χ2n) is 2.34. The molecule has 12 heavy (non-hydrogen) atoms. The molecule has 1 aromatic heterocycles. The number of hydrogen-bond donors (Lipinski definition) is 1. The van der Waals surface area contributed by atoms with Gasteiger partial charge in [-0.05, 0) is 11.4 Å². The summed E-state index contributed by atoms with van der Waals surface area (Å²) >= 11 is 7.55. The molecule has 0 saturated heterocycles. The minimum Gasteiger partial charge on any atom is -0.380 e. The Labute approximate surface area is 81.3 Å². The molecule has 1 heterocycles. The molecule has 0 aliphatic heterocycles. The Bertz CT molecular complexity index is 227. The van der Waals surface area contributed by atoms with Crippen LogP contribution in [0.25, 0.3) is 0 Å². The van der Waals surface area contributed by atoms with E-state index in [0.29, 0.717) is 19.8 Å². The van der Waals surface area contributed by atoms with E-state index >= 15 is 0 Å². The van der Waals surface area contributed by atoms with Gasteiger partial charge >= 0.3 is 0 Å². The molecule has 0 bridgehead atoms. The molecule has 0 radical (unpaired) electrons. The van der Waals surface area contributed by atoms with Crippen molar-refractivity contribution in [2.75, 3.05) is 19.8 Å². The molecule has 1 rings (SSSR count). The average molecular weight is 206 g/mol. The quantitative estimate of drug-likeness (QED) is 0.746. The average Bonchev–Trinajstić information content (AvgIpc) is 2.46. The van der Waals surface area contributed by atoms with E-state index < -0.39 is 0 Å². The summed E-state index contributed by atoms with van der Waals surface area (Å²) in [5, 5.41) is 2.83. The van der Waals surface area contributed by atoms with Crippen LogP contribution in [-0.2, 0) is 11.2 Å². The molecule has 0 fully saturated rings. The molecule has 68 valence electrons. The maximum Gasteiger partial charge on any atom is 0.0588 e. The molecule has 4 heteroatoms. The standard InChI is InChI=1S/C8H12ClNOS/c9-7-2-6-12-8(7)1-4-11-5-3-10/h2,6H,1,3-5,10H2. The number of halogens is 1. The molecule has 0 unspecified atom stereocenters. The van der Waals surface area contributed by atoms with Crippen molar-refractivity contribution < 1.29 is 4.74 Å². The van der Waals surface area contributed by atoms with Crippen LogP contribution in [0.3, 0.4) is 0 Å². The predicted molar refractivity (Wildman–Crippen MR) is 52.9 cm³/mol. The van der Waals surface area contributed by atoms with E-state index in [9.17, 15) is 0 Å². The van der Waals surface area contributed by atoms with E-state index in [2.05, 4.69) is 0 Å². The van der Waals surface area contributed by atoms with Crippen molar-refractivity contribution in [2.45, 2.75) is 6.42 Å². The van der Waals surface area contributed by atoms with Crippen LogP contribution < -0.4 is 5.73 Å². The van der Waals surface area contributed by atoms with Gasteiger partial charge in [0.1, 0.15) is 0 Å². The molecule has 0 saturated carbocycles. The van der Waals surface area contributed by atoms with Crippen LogP contribution in [0.5, 0.6) is 0 Å². The van der Waals surface area contributed by atoms with Crippen LogP contribution in [0, 0.1) is 0 Å². The van der Waals surface area contributed by atoms with Gasteiger partial charge in [-0.25, -0.2) is 0 Å². The highest BCUT2D eigenvalue weighted by Crippen LogP contribution is 2.22. The van der Waals surface area contributed by atoms with Crippen LogP contribution in [0.15, 0.2) is 11.4 Å². The summed E-state index contributed by atoms with van der Waals surface area (Å²) in [7, 11) is 0. The Morgan fingerprint density at radius 2 is 2.33 bits per heavy atom. The molecular weight excluding hydrogens is 194 g/mol. The first-order valence-corrected chi connectivity index (χ1v) is 5.10. The topological polar surface area (TPSA) is 35.2 Å². The number of ether oxygens (including phenoxy) is 1. The third kappa shape index (κ3) is 3.11. The second kappa shape index (κ2) is 5.54. The fraction of sp³-hybridized carbons (Fsp3) is 0.500. The summed E-state index contributed by atoms with van der Waals surface area (Å²) in [6.45, 7) is 1.92. The molecule has 2 nitrogen and oxygen atoms in total. The van der Waals surface area contributed by atoms with E-state index in [0.717, 1.165) is 11.4 Å². The lowest BCUT2D eigenvalue weighted by Crippen LogP contribution is -2.09. The lowest BCUT2D eigenvalue weighted by Gasteiger charge is -2.00. The fourth-order valence-corrected chi connectivity index (χ4v) is 1.97. The molecule has 1 aromatic rings. The minimum atomic E-state index is 0.582. The molecule has 0 aromatic carbocycles. The molecule has 0 spiro atoms. The first-order chi connectivity index (χ1) is 5.84. The molecule has 0 aliphatic carbocycles. The normalized spacial score (nSPS) is 10.5. The predicted octanol–water partition coefficient (Wildman–Crippen LogP) is 1.92. The monoisotopic (exact) mass is 205 g/mol. The minimum absolute atomic E-state index is 0.582. The third-order valence-corrected chi connectivity index (χ3v) is 2.87. The van der Waals surface area contributed by atoms with E-state index in [1.807, 2.05) is 11.4 Å². The van der Waals surface area contributed by atoms with Crippen LogP contribution in [0.4, 0.5) is 0 Å². The van der Waals surface area contributed by atoms with Crippen molar-refractivity contribution in [3.8, 4) is 0 Å². The summed E-state index contributed by atoms with van der Waals surface area (Å²) in [6, 6.07) is 1.91. The van der Waals surface area contributed by atoms with Gasteiger partial charge in [0.05, 0.1) is 18.2 Å². The summed E-state index contributed by atoms with van der Waals surface area (Å²) in [6.07, 6.45) is 0.885. The number of rotatable bonds is 5. The highest BCUT2D eigenvalue weighted by molar-refractivity contribution is 7.10. The zero-order valence-electron chi connectivity index (χ0n) is 6.75. The van der Waals surface area contributed by atoms with E-state index in [-0.39, 0.29) is 0 Å². The zero-order valence-corrected chi connectivity index (χ0v) is 8.33. The van der Waals surface area contributed by atoms with Gasteiger partial charge in [0.15, 0.2) is 0 Å². The Balaban J connectivity index is 2.20. The van der Waals surface area contributed by atoms with Gasteiger partial charge in [-0.15, -0.1) is 11.3 Å². The summed E-state index contributed by atoms with van der Waals surface area (Å²) < 4.78 is 5.23. The van der Waals surface area contributed by atoms with Gasteiger partial charge in [-0.3, -0.25) is 0 Å². The molecule has 2 N–H and O–H groups in total. The largest absolute Gasteiger partial charge is 0.380 e. The summed E-state index contributed by atoms with van der Waals surface area (Å²) in [5.41, 5.74) is 5.27. The van der Waals surface area contributed by atoms with Crippen molar-refractivity contribution in [3.63, 3.8) is 0 Å². The maximum absolute atomic E-state index is 5.88. The summed E-state index contributed by atoms with van der Waals surface area (Å²) in [4.78, 5) is 1.19. The highest BCUT2D eigenvalue weighted by Gasteiger charge is 2.00. The number of nitrogens with two attached hydrogens (primary N) is 1. The van der Waals surface area contributed by atoms with E-state index in [4.69, 9.17) is 22.1 Å². The molecule has 0 amide bonds. The van der Waals surface area contributed by atoms with Crippen LogP contribution in [0.1, 0.15) is 4.88 Å². The Morgan fingerprint density at radius 1 is 1.50 bits per heavy atom. The summed E-state index contributed by atoms with van der Waals surface area (Å²) in [5.74, 6) is 0. The smallest absolute Gasteiger partial charge is 0.0588 e. The molecule has 0 atom stereocenters. The Kier molecular flexibility index (Phi) is 4.61. The van der Waals surface area contributed by atoms with Crippen molar-refractivity contribution in [1.82, 2.24) is 0 Å². The first kappa shape index (κ1) is 9.99. The van der Waals surface area contributed by atoms with Gasteiger partial charge in [-0.1, -0.05) is 11.6 Å². The molecular formula is C8H12ClNOS. The second-order valence-corrected chi connectivity index (χ2v) is 3.75. The SMILES string of the molecule is NCCOCCc1sccc1Cl. The van der Waals surface area contributed by atoms with Crippen molar-refractivity contribution in [2.24, 2.45) is 5.73 Å². The van der Waals surface area contributed by atoms with Crippen molar-refractivity contribution in [3.05, 3.63) is 21.3 Å². The lowest BCUT2D eigenvalue weighted by atomic mass is 10.4. The maximum atomic E-state index is 5.88. The number of thiophene rings is 1. The lowest BCUT2D eigenvalue weighted by molar-refractivity contribution is 0.145. The Hall–Kier alpha value is -0.0900. The van der Waals surface area contributed by atoms with Crippen LogP contribution in [0.2, 0.25) is 5.02 Å².